The summed E-state index contributed by atoms with van der Waals surface area (Å²) in [4.78, 5) is -0.430. The summed E-state index contributed by atoms with van der Waals surface area (Å²) in [5, 5.41) is 19.5. The first-order valence-corrected chi connectivity index (χ1v) is 10.9. The van der Waals surface area contributed by atoms with Crippen LogP contribution in [0.1, 0.15) is 0 Å². The number of hydrogen-bond donors (Lipinski definition) is 3. The number of benzene rings is 3. The molecular formula is C18H15N3O6S2. The van der Waals surface area contributed by atoms with Gasteiger partial charge in [-0.1, -0.05) is 12.6 Å². The normalized spacial score (nSPS) is 12.4. The standard InChI is InChI=1S/C18H15N3O6S2/c1-2-28(23,24)13-6-4-12(5-7-13)20-21-18-15(19)8-3-11-9-14(29(25,26)27)10-16(22)17(11)18/h2-10,22H,1,19H2,(H,25,26,27). The molecule has 4 N–H and O–H groups in total. The highest BCUT2D eigenvalue weighted by Gasteiger charge is 2.17. The Bertz CT molecular complexity index is 1360. The summed E-state index contributed by atoms with van der Waals surface area (Å²) in [6.07, 6.45) is 0. The highest BCUT2D eigenvalue weighted by molar-refractivity contribution is 7.94. The molecule has 0 radical (unpaired) electrons. The van der Waals surface area contributed by atoms with Crippen LogP contribution in [0.3, 0.4) is 0 Å². The number of nitrogens with two attached hydrogens (primary N) is 1. The lowest BCUT2D eigenvalue weighted by molar-refractivity contribution is 0.471. The minimum atomic E-state index is -4.51. The number of hydrogen-bond acceptors (Lipinski definition) is 8. The van der Waals surface area contributed by atoms with Crippen LogP contribution in [0.25, 0.3) is 10.8 Å². The van der Waals surface area contributed by atoms with E-state index in [1.54, 1.807) is 0 Å². The maximum Gasteiger partial charge on any atom is 0.294 e. The van der Waals surface area contributed by atoms with Gasteiger partial charge in [0.2, 0.25) is 0 Å². The number of fused-ring (bicyclic) bond motifs is 1. The largest absolute Gasteiger partial charge is 0.507 e. The average molecular weight is 433 g/mol. The Morgan fingerprint density at radius 3 is 2.17 bits per heavy atom. The van der Waals surface area contributed by atoms with Gasteiger partial charge >= 0.3 is 0 Å². The first-order valence-electron chi connectivity index (χ1n) is 7.95. The lowest BCUT2D eigenvalue weighted by atomic mass is 10.1. The summed E-state index contributed by atoms with van der Waals surface area (Å²) in [5.74, 6) is -0.455. The number of nitrogen functional groups attached to an aromatic ring is 1. The molecule has 0 aliphatic heterocycles. The number of anilines is 1. The maximum atomic E-state index is 11.7. The topological polar surface area (TPSA) is 159 Å². The lowest BCUT2D eigenvalue weighted by Crippen LogP contribution is -1.98. The SMILES string of the molecule is C=CS(=O)(=O)c1ccc(N=Nc2c(N)ccc3cc(S(=O)(=O)O)cc(O)c23)cc1. The molecule has 0 atom stereocenters. The maximum absolute atomic E-state index is 11.7. The van der Waals surface area contributed by atoms with Crippen LogP contribution in [0, 0.1) is 0 Å². The van der Waals surface area contributed by atoms with Gasteiger partial charge < -0.3 is 10.8 Å². The van der Waals surface area contributed by atoms with Crippen molar-refractivity contribution in [3.8, 4) is 5.75 Å². The first-order chi connectivity index (χ1) is 13.5. The zero-order valence-electron chi connectivity index (χ0n) is 14.7. The Morgan fingerprint density at radius 2 is 1.59 bits per heavy atom. The lowest BCUT2D eigenvalue weighted by Gasteiger charge is -2.09. The number of rotatable bonds is 5. The fourth-order valence-electron chi connectivity index (χ4n) is 2.58. The highest BCUT2D eigenvalue weighted by Crippen LogP contribution is 2.40. The summed E-state index contributed by atoms with van der Waals surface area (Å²) in [6.45, 7) is 3.25. The van der Waals surface area contributed by atoms with Gasteiger partial charge in [0.1, 0.15) is 11.4 Å². The van der Waals surface area contributed by atoms with Crippen molar-refractivity contribution in [3.63, 3.8) is 0 Å². The molecule has 0 unspecified atom stereocenters. The van der Waals surface area contributed by atoms with Gasteiger partial charge in [0.25, 0.3) is 10.1 Å². The fraction of sp³-hybridized carbons (Fsp3) is 0. The van der Waals surface area contributed by atoms with Crippen molar-refractivity contribution in [2.45, 2.75) is 9.79 Å². The fourth-order valence-corrected chi connectivity index (χ4v) is 3.82. The molecule has 3 aromatic rings. The molecule has 0 amide bonds. The van der Waals surface area contributed by atoms with Crippen molar-refractivity contribution in [1.82, 2.24) is 0 Å². The molecule has 3 aromatic carbocycles. The molecule has 0 aromatic heterocycles. The van der Waals surface area contributed by atoms with Crippen LogP contribution < -0.4 is 5.73 Å². The third-order valence-corrected chi connectivity index (χ3v) is 6.22. The van der Waals surface area contributed by atoms with Crippen molar-refractivity contribution in [1.29, 1.82) is 0 Å². The Labute approximate surface area is 166 Å². The second kappa shape index (κ2) is 7.28. The number of phenolic OH excluding ortho intramolecular Hbond substituents is 1. The highest BCUT2D eigenvalue weighted by atomic mass is 32.2. The van der Waals surface area contributed by atoms with Gasteiger partial charge in [0, 0.05) is 11.5 Å². The van der Waals surface area contributed by atoms with Gasteiger partial charge in [-0.05, 0) is 41.8 Å². The molecule has 150 valence electrons. The van der Waals surface area contributed by atoms with Gasteiger partial charge in [0.05, 0.1) is 26.6 Å². The van der Waals surface area contributed by atoms with Gasteiger partial charge in [-0.25, -0.2) is 8.42 Å². The molecule has 0 fully saturated rings. The van der Waals surface area contributed by atoms with Crippen LogP contribution in [0.15, 0.2) is 80.5 Å². The van der Waals surface area contributed by atoms with Crippen molar-refractivity contribution in [2.24, 2.45) is 10.2 Å². The van der Waals surface area contributed by atoms with E-state index in [1.165, 1.54) is 36.4 Å². The summed E-state index contributed by atoms with van der Waals surface area (Å²) in [6, 6.07) is 10.5. The van der Waals surface area contributed by atoms with Crippen LogP contribution in [0.2, 0.25) is 0 Å². The molecule has 29 heavy (non-hydrogen) atoms. The monoisotopic (exact) mass is 433 g/mol. The first kappa shape index (κ1) is 20.5. The van der Waals surface area contributed by atoms with E-state index < -0.39 is 30.6 Å². The molecule has 0 saturated carbocycles. The Balaban J connectivity index is 2.08. The predicted octanol–water partition coefficient (Wildman–Crippen LogP) is 3.71. The molecule has 0 aliphatic carbocycles. The number of aromatic hydroxyl groups is 1. The summed E-state index contributed by atoms with van der Waals surface area (Å²) >= 11 is 0. The minimum Gasteiger partial charge on any atom is -0.507 e. The van der Waals surface area contributed by atoms with Crippen LogP contribution in [-0.4, -0.2) is 26.5 Å². The second-order valence-electron chi connectivity index (χ2n) is 5.92. The van der Waals surface area contributed by atoms with Gasteiger partial charge in [0.15, 0.2) is 9.84 Å². The Morgan fingerprint density at radius 1 is 0.931 bits per heavy atom. The van der Waals surface area contributed by atoms with Crippen LogP contribution in [0.5, 0.6) is 5.75 Å². The van der Waals surface area contributed by atoms with E-state index in [9.17, 15) is 26.5 Å². The Kier molecular flexibility index (Phi) is 5.13. The van der Waals surface area contributed by atoms with Gasteiger partial charge in [-0.3, -0.25) is 4.55 Å². The predicted molar refractivity (Wildman–Crippen MR) is 108 cm³/mol. The minimum absolute atomic E-state index is 0.0477. The molecule has 0 bridgehead atoms. The van der Waals surface area contributed by atoms with E-state index in [1.807, 2.05) is 0 Å². The van der Waals surface area contributed by atoms with Crippen molar-refractivity contribution >= 4 is 47.8 Å². The average Bonchev–Trinajstić information content (AvgIpc) is 2.67. The zero-order valence-corrected chi connectivity index (χ0v) is 16.4. The molecular weight excluding hydrogens is 418 g/mol. The quantitative estimate of drug-likeness (QED) is 0.314. The van der Waals surface area contributed by atoms with Crippen LogP contribution in [-0.2, 0) is 20.0 Å². The van der Waals surface area contributed by atoms with Crippen molar-refractivity contribution < 1.29 is 26.5 Å². The van der Waals surface area contributed by atoms with Crippen molar-refractivity contribution in [2.75, 3.05) is 5.73 Å². The molecule has 0 saturated heterocycles. The summed E-state index contributed by atoms with van der Waals surface area (Å²) in [7, 11) is -8.09. The van der Waals surface area contributed by atoms with Crippen LogP contribution in [0.4, 0.5) is 17.1 Å². The molecule has 11 heteroatoms. The van der Waals surface area contributed by atoms with Crippen LogP contribution >= 0.6 is 0 Å². The van der Waals surface area contributed by atoms with E-state index in [4.69, 9.17) is 5.73 Å². The van der Waals surface area contributed by atoms with Crippen molar-refractivity contribution in [3.05, 3.63) is 60.5 Å². The van der Waals surface area contributed by atoms with Gasteiger partial charge in [-0.2, -0.15) is 13.5 Å². The molecule has 3 rings (SSSR count). The van der Waals surface area contributed by atoms with E-state index in [0.29, 0.717) is 5.69 Å². The third-order valence-electron chi connectivity index (χ3n) is 4.02. The molecule has 0 spiro atoms. The number of azo groups is 1. The summed E-state index contributed by atoms with van der Waals surface area (Å²) < 4.78 is 55.4. The van der Waals surface area contributed by atoms with E-state index in [-0.39, 0.29) is 27.0 Å². The third kappa shape index (κ3) is 4.11. The molecule has 0 heterocycles. The second-order valence-corrected chi connectivity index (χ2v) is 9.24. The Hall–Kier alpha value is -3.28. The van der Waals surface area contributed by atoms with E-state index in [0.717, 1.165) is 17.5 Å². The number of sulfone groups is 1. The zero-order chi connectivity index (χ0) is 21.4. The number of phenols is 1. The number of nitrogens with zero attached hydrogens (tertiary/aromatic N) is 2. The molecule has 0 aliphatic rings. The summed E-state index contributed by atoms with van der Waals surface area (Å²) in [5.41, 5.74) is 6.49. The van der Waals surface area contributed by atoms with E-state index >= 15 is 0 Å². The van der Waals surface area contributed by atoms with Gasteiger partial charge in [-0.15, -0.1) is 5.11 Å². The smallest absolute Gasteiger partial charge is 0.294 e. The molecule has 9 nitrogen and oxygen atoms in total. The van der Waals surface area contributed by atoms with E-state index in [2.05, 4.69) is 16.8 Å².